The number of sulfone groups is 1. The van der Waals surface area contributed by atoms with E-state index in [4.69, 9.17) is 0 Å². The minimum atomic E-state index is -2.98. The molecular weight excluding hydrogens is 311 g/mol. The van der Waals surface area contributed by atoms with Gasteiger partial charge in [-0.15, -0.1) is 0 Å². The average Bonchev–Trinajstić information content (AvgIpc) is 2.40. The molecule has 0 aliphatic carbocycles. The van der Waals surface area contributed by atoms with Crippen LogP contribution in [0, 0.1) is 5.82 Å². The second-order valence-corrected chi connectivity index (χ2v) is 7.17. The van der Waals surface area contributed by atoms with E-state index >= 15 is 0 Å². The van der Waals surface area contributed by atoms with Crippen LogP contribution in [0.25, 0.3) is 0 Å². The Morgan fingerprint density at radius 1 is 1.35 bits per heavy atom. The van der Waals surface area contributed by atoms with Gasteiger partial charge in [-0.3, -0.25) is 0 Å². The number of nitrogens with zero attached hydrogens (tertiary/aromatic N) is 2. The molecule has 0 bridgehead atoms. The van der Waals surface area contributed by atoms with Crippen molar-refractivity contribution in [3.05, 3.63) is 22.6 Å². The number of aromatic nitrogens is 1. The van der Waals surface area contributed by atoms with Gasteiger partial charge in [0.15, 0.2) is 21.5 Å². The van der Waals surface area contributed by atoms with Gasteiger partial charge in [-0.05, 0) is 28.4 Å². The van der Waals surface area contributed by atoms with Crippen molar-refractivity contribution in [1.82, 2.24) is 4.98 Å². The van der Waals surface area contributed by atoms with Gasteiger partial charge < -0.3 is 4.90 Å². The normalized spacial score (nSPS) is 20.0. The van der Waals surface area contributed by atoms with Crippen LogP contribution in [-0.4, -0.2) is 38.0 Å². The van der Waals surface area contributed by atoms with Crippen molar-refractivity contribution >= 4 is 31.6 Å². The third kappa shape index (κ3) is 3.16. The highest BCUT2D eigenvalue weighted by Gasteiger charge is 2.21. The maximum atomic E-state index is 13.7. The second kappa shape index (κ2) is 4.89. The molecular formula is C10H12BrFN2O2S. The van der Waals surface area contributed by atoms with Gasteiger partial charge >= 0.3 is 0 Å². The van der Waals surface area contributed by atoms with E-state index in [0.29, 0.717) is 24.0 Å². The first kappa shape index (κ1) is 12.8. The predicted molar refractivity (Wildman–Crippen MR) is 67.4 cm³/mol. The lowest BCUT2D eigenvalue weighted by Crippen LogP contribution is -2.28. The zero-order valence-corrected chi connectivity index (χ0v) is 11.5. The molecule has 4 nitrogen and oxygen atoms in total. The van der Waals surface area contributed by atoms with Crippen LogP contribution < -0.4 is 4.90 Å². The molecule has 2 rings (SSSR count). The molecule has 17 heavy (non-hydrogen) atoms. The van der Waals surface area contributed by atoms with Crippen molar-refractivity contribution in [1.29, 1.82) is 0 Å². The second-order valence-electron chi connectivity index (χ2n) is 3.95. The van der Waals surface area contributed by atoms with Gasteiger partial charge in [0, 0.05) is 23.8 Å². The lowest BCUT2D eigenvalue weighted by Gasteiger charge is -2.21. The summed E-state index contributed by atoms with van der Waals surface area (Å²) >= 11 is 3.14. The van der Waals surface area contributed by atoms with E-state index in [1.807, 2.05) is 0 Å². The van der Waals surface area contributed by atoms with Gasteiger partial charge in [-0.2, -0.15) is 0 Å². The molecule has 2 heterocycles. The fraction of sp³-hybridized carbons (Fsp3) is 0.500. The molecule has 0 unspecified atom stereocenters. The Labute approximate surface area is 108 Å². The molecule has 0 spiro atoms. The molecule has 0 aromatic carbocycles. The summed E-state index contributed by atoms with van der Waals surface area (Å²) in [7, 11) is -2.98. The van der Waals surface area contributed by atoms with E-state index in [9.17, 15) is 12.8 Å². The number of anilines is 1. The van der Waals surface area contributed by atoms with Crippen molar-refractivity contribution < 1.29 is 12.8 Å². The van der Waals surface area contributed by atoms with Crippen LogP contribution in [0.3, 0.4) is 0 Å². The summed E-state index contributed by atoms with van der Waals surface area (Å²) in [5.41, 5.74) is 0. The van der Waals surface area contributed by atoms with Crippen LogP contribution in [0.15, 0.2) is 16.7 Å². The van der Waals surface area contributed by atoms with E-state index in [2.05, 4.69) is 20.9 Å². The summed E-state index contributed by atoms with van der Waals surface area (Å²) in [5.74, 6) is 0.0234. The number of hydrogen-bond donors (Lipinski definition) is 0. The molecule has 0 saturated carbocycles. The summed E-state index contributed by atoms with van der Waals surface area (Å²) in [6.45, 7) is 0.818. The van der Waals surface area contributed by atoms with Gasteiger partial charge in [0.05, 0.1) is 11.5 Å². The topological polar surface area (TPSA) is 50.3 Å². The molecule has 1 fully saturated rings. The molecule has 0 atom stereocenters. The van der Waals surface area contributed by atoms with E-state index in [0.717, 1.165) is 0 Å². The SMILES string of the molecule is O=S1(=O)CCCN(c2ncc(Br)cc2F)CC1. The first-order valence-corrected chi connectivity index (χ1v) is 7.86. The molecule has 1 aliphatic rings. The van der Waals surface area contributed by atoms with E-state index in [-0.39, 0.29) is 17.3 Å². The molecule has 0 amide bonds. The van der Waals surface area contributed by atoms with Crippen molar-refractivity contribution in [2.24, 2.45) is 0 Å². The van der Waals surface area contributed by atoms with Gasteiger partial charge in [-0.1, -0.05) is 0 Å². The van der Waals surface area contributed by atoms with Crippen molar-refractivity contribution in [2.45, 2.75) is 6.42 Å². The van der Waals surface area contributed by atoms with Crippen molar-refractivity contribution in [3.63, 3.8) is 0 Å². The molecule has 0 N–H and O–H groups in total. The summed E-state index contributed by atoms with van der Waals surface area (Å²) < 4.78 is 37.1. The minimum Gasteiger partial charge on any atom is -0.353 e. The minimum absolute atomic E-state index is 0.0597. The number of hydrogen-bond acceptors (Lipinski definition) is 4. The van der Waals surface area contributed by atoms with Crippen LogP contribution in [-0.2, 0) is 9.84 Å². The van der Waals surface area contributed by atoms with Crippen molar-refractivity contribution in [3.8, 4) is 0 Å². The predicted octanol–water partition coefficient (Wildman–Crippen LogP) is 1.61. The van der Waals surface area contributed by atoms with Gasteiger partial charge in [-0.25, -0.2) is 17.8 Å². The average molecular weight is 323 g/mol. The van der Waals surface area contributed by atoms with Gasteiger partial charge in [0.2, 0.25) is 0 Å². The van der Waals surface area contributed by atoms with Crippen LogP contribution in [0.1, 0.15) is 6.42 Å². The highest BCUT2D eigenvalue weighted by Crippen LogP contribution is 2.21. The van der Waals surface area contributed by atoms with Gasteiger partial charge in [0.25, 0.3) is 0 Å². The maximum absolute atomic E-state index is 13.7. The Hall–Kier alpha value is -0.690. The van der Waals surface area contributed by atoms with E-state index in [1.54, 1.807) is 4.90 Å². The maximum Gasteiger partial charge on any atom is 0.166 e. The quantitative estimate of drug-likeness (QED) is 0.788. The molecule has 1 aromatic heterocycles. The molecule has 94 valence electrons. The van der Waals surface area contributed by atoms with E-state index < -0.39 is 15.7 Å². The fourth-order valence-electron chi connectivity index (χ4n) is 1.79. The Morgan fingerprint density at radius 2 is 2.12 bits per heavy atom. The number of pyridine rings is 1. The Balaban J connectivity index is 2.23. The molecule has 7 heteroatoms. The van der Waals surface area contributed by atoms with Crippen LogP contribution in [0.2, 0.25) is 0 Å². The monoisotopic (exact) mass is 322 g/mol. The highest BCUT2D eigenvalue weighted by atomic mass is 79.9. The number of halogens is 2. The summed E-state index contributed by atoms with van der Waals surface area (Å²) in [6.07, 6.45) is 2.03. The molecule has 0 radical (unpaired) electrons. The van der Waals surface area contributed by atoms with Crippen LogP contribution >= 0.6 is 15.9 Å². The molecule has 1 aliphatic heterocycles. The third-order valence-corrected chi connectivity index (χ3v) is 4.79. The largest absolute Gasteiger partial charge is 0.353 e. The van der Waals surface area contributed by atoms with Crippen LogP contribution in [0.4, 0.5) is 10.2 Å². The standard InChI is InChI=1S/C10H12BrFN2O2S/c11-8-6-9(12)10(13-7-8)14-2-1-4-17(15,16)5-3-14/h6-7H,1-5H2. The Bertz CT molecular complexity index is 521. The zero-order valence-electron chi connectivity index (χ0n) is 9.07. The van der Waals surface area contributed by atoms with Gasteiger partial charge in [0.1, 0.15) is 0 Å². The lowest BCUT2D eigenvalue weighted by atomic mass is 10.3. The third-order valence-electron chi connectivity index (χ3n) is 2.64. The van der Waals surface area contributed by atoms with Crippen molar-refractivity contribution in [2.75, 3.05) is 29.5 Å². The Morgan fingerprint density at radius 3 is 2.82 bits per heavy atom. The summed E-state index contributed by atoms with van der Waals surface area (Å²) in [6, 6.07) is 1.34. The first-order chi connectivity index (χ1) is 7.98. The number of rotatable bonds is 1. The summed E-state index contributed by atoms with van der Waals surface area (Å²) in [4.78, 5) is 5.69. The smallest absolute Gasteiger partial charge is 0.166 e. The zero-order chi connectivity index (χ0) is 12.5. The van der Waals surface area contributed by atoms with E-state index in [1.165, 1.54) is 12.3 Å². The lowest BCUT2D eigenvalue weighted by molar-refractivity contribution is 0.596. The molecule has 1 saturated heterocycles. The summed E-state index contributed by atoms with van der Waals surface area (Å²) in [5, 5.41) is 0. The first-order valence-electron chi connectivity index (χ1n) is 5.24. The molecule has 1 aromatic rings. The van der Waals surface area contributed by atoms with Crippen LogP contribution in [0.5, 0.6) is 0 Å². The Kier molecular flexibility index (Phi) is 3.67. The fourth-order valence-corrected chi connectivity index (χ4v) is 3.37. The highest BCUT2D eigenvalue weighted by molar-refractivity contribution is 9.10.